The molecule has 1 aliphatic rings. The van der Waals surface area contributed by atoms with Gasteiger partial charge in [0.2, 0.25) is 11.8 Å². The standard InChI is InChI=1S/C22H25N5O3/c1-30-11-10-27-14-16(13-19(27)28)22(29)24-18(12-15-6-3-2-4-7-15)20-17-8-5-9-23-21(17)26-25-20/h2-9,16,18H,10-14H2,1H3,(H,24,29)(H,23,25,26)/t16-,18-/m1/s1. The van der Waals surface area contributed by atoms with Crippen molar-refractivity contribution in [1.82, 2.24) is 25.4 Å². The molecule has 0 spiro atoms. The Morgan fingerprint density at radius 3 is 2.93 bits per heavy atom. The smallest absolute Gasteiger partial charge is 0.225 e. The molecule has 1 saturated heterocycles. The van der Waals surface area contributed by atoms with Gasteiger partial charge < -0.3 is 15.0 Å². The van der Waals surface area contributed by atoms with Gasteiger partial charge in [0.1, 0.15) is 0 Å². The number of benzene rings is 1. The van der Waals surface area contributed by atoms with E-state index < -0.39 is 0 Å². The monoisotopic (exact) mass is 407 g/mol. The second kappa shape index (κ2) is 9.04. The van der Waals surface area contributed by atoms with E-state index in [-0.39, 0.29) is 30.2 Å². The molecule has 1 aliphatic heterocycles. The molecule has 1 fully saturated rings. The van der Waals surface area contributed by atoms with Gasteiger partial charge in [0.05, 0.1) is 24.3 Å². The Balaban J connectivity index is 1.54. The molecule has 2 N–H and O–H groups in total. The highest BCUT2D eigenvalue weighted by Gasteiger charge is 2.35. The molecular weight excluding hydrogens is 382 g/mol. The van der Waals surface area contributed by atoms with Crippen LogP contribution in [-0.2, 0) is 20.7 Å². The maximum absolute atomic E-state index is 13.1. The van der Waals surface area contributed by atoms with Crippen LogP contribution in [0.3, 0.4) is 0 Å². The molecule has 3 heterocycles. The van der Waals surface area contributed by atoms with Gasteiger partial charge >= 0.3 is 0 Å². The lowest BCUT2D eigenvalue weighted by Gasteiger charge is -2.21. The zero-order valence-electron chi connectivity index (χ0n) is 16.9. The lowest BCUT2D eigenvalue weighted by Crippen LogP contribution is -2.37. The summed E-state index contributed by atoms with van der Waals surface area (Å²) in [5.74, 6) is -0.515. The Kier molecular flexibility index (Phi) is 6.04. The number of hydrogen-bond acceptors (Lipinski definition) is 5. The van der Waals surface area contributed by atoms with E-state index in [1.54, 1.807) is 18.2 Å². The summed E-state index contributed by atoms with van der Waals surface area (Å²) in [7, 11) is 1.60. The molecule has 1 aromatic carbocycles. The summed E-state index contributed by atoms with van der Waals surface area (Å²) in [4.78, 5) is 31.3. The fourth-order valence-electron chi connectivity index (χ4n) is 3.87. The summed E-state index contributed by atoms with van der Waals surface area (Å²) in [6.45, 7) is 1.38. The van der Waals surface area contributed by atoms with E-state index in [2.05, 4.69) is 20.5 Å². The van der Waals surface area contributed by atoms with Crippen LogP contribution < -0.4 is 5.32 Å². The lowest BCUT2D eigenvalue weighted by molar-refractivity contribution is -0.129. The maximum atomic E-state index is 13.1. The number of hydrogen-bond donors (Lipinski definition) is 2. The molecule has 0 bridgehead atoms. The number of amides is 2. The van der Waals surface area contributed by atoms with Crippen LogP contribution >= 0.6 is 0 Å². The van der Waals surface area contributed by atoms with Gasteiger partial charge in [-0.05, 0) is 24.1 Å². The molecule has 2 amide bonds. The van der Waals surface area contributed by atoms with Crippen molar-refractivity contribution < 1.29 is 14.3 Å². The third kappa shape index (κ3) is 4.33. The third-order valence-corrected chi connectivity index (χ3v) is 5.46. The summed E-state index contributed by atoms with van der Waals surface area (Å²) in [5.41, 5.74) is 2.52. The number of fused-ring (bicyclic) bond motifs is 1. The molecule has 0 saturated carbocycles. The normalized spacial score (nSPS) is 17.4. The van der Waals surface area contributed by atoms with Crippen molar-refractivity contribution in [3.05, 3.63) is 59.9 Å². The van der Waals surface area contributed by atoms with Gasteiger partial charge in [0.25, 0.3) is 0 Å². The first kappa shape index (κ1) is 20.0. The molecule has 8 heteroatoms. The number of methoxy groups -OCH3 is 1. The average Bonchev–Trinajstić information content (AvgIpc) is 3.36. The number of likely N-dealkylation sites (tertiary alicyclic amines) is 1. The third-order valence-electron chi connectivity index (χ3n) is 5.46. The minimum absolute atomic E-state index is 0.0111. The Morgan fingerprint density at radius 2 is 2.13 bits per heavy atom. The molecule has 8 nitrogen and oxygen atoms in total. The van der Waals surface area contributed by atoms with Crippen LogP contribution in [0.15, 0.2) is 48.7 Å². The van der Waals surface area contributed by atoms with Crippen molar-refractivity contribution in [3.8, 4) is 0 Å². The first-order chi connectivity index (χ1) is 14.7. The number of aromatic amines is 1. The van der Waals surface area contributed by atoms with Crippen molar-refractivity contribution in [1.29, 1.82) is 0 Å². The lowest BCUT2D eigenvalue weighted by atomic mass is 10.00. The Morgan fingerprint density at radius 1 is 1.30 bits per heavy atom. The van der Waals surface area contributed by atoms with Crippen LogP contribution in [0.25, 0.3) is 11.0 Å². The maximum Gasteiger partial charge on any atom is 0.225 e. The number of rotatable bonds is 8. The molecule has 4 rings (SSSR count). The van der Waals surface area contributed by atoms with E-state index in [4.69, 9.17) is 4.74 Å². The van der Waals surface area contributed by atoms with Gasteiger partial charge in [-0.1, -0.05) is 30.3 Å². The summed E-state index contributed by atoms with van der Waals surface area (Å²) in [6, 6.07) is 13.5. The van der Waals surface area contributed by atoms with Crippen molar-refractivity contribution in [2.45, 2.75) is 18.9 Å². The number of pyridine rings is 1. The van der Waals surface area contributed by atoms with E-state index in [0.717, 1.165) is 16.6 Å². The van der Waals surface area contributed by atoms with Gasteiger partial charge in [-0.25, -0.2) is 4.98 Å². The molecule has 156 valence electrons. The van der Waals surface area contributed by atoms with E-state index in [0.29, 0.717) is 31.8 Å². The first-order valence-corrected chi connectivity index (χ1v) is 10.1. The van der Waals surface area contributed by atoms with Crippen LogP contribution in [0, 0.1) is 5.92 Å². The predicted octanol–water partition coefficient (Wildman–Crippen LogP) is 1.85. The Bertz CT molecular complexity index is 1020. The predicted molar refractivity (Wildman–Crippen MR) is 111 cm³/mol. The van der Waals surface area contributed by atoms with E-state index in [1.165, 1.54) is 0 Å². The van der Waals surface area contributed by atoms with Gasteiger partial charge in [0.15, 0.2) is 5.65 Å². The summed E-state index contributed by atoms with van der Waals surface area (Å²) < 4.78 is 5.06. The summed E-state index contributed by atoms with van der Waals surface area (Å²) >= 11 is 0. The highest BCUT2D eigenvalue weighted by molar-refractivity contribution is 5.89. The number of carbonyl (C=O) groups is 2. The highest BCUT2D eigenvalue weighted by atomic mass is 16.5. The number of ether oxygens (including phenoxy) is 1. The van der Waals surface area contributed by atoms with Crippen LogP contribution in [0.4, 0.5) is 0 Å². The molecule has 3 aromatic rings. The molecule has 2 aromatic heterocycles. The first-order valence-electron chi connectivity index (χ1n) is 10.1. The van der Waals surface area contributed by atoms with E-state index in [9.17, 15) is 9.59 Å². The van der Waals surface area contributed by atoms with Gasteiger partial charge in [0, 0.05) is 38.2 Å². The molecule has 0 unspecified atom stereocenters. The minimum atomic E-state index is -0.375. The second-order valence-corrected chi connectivity index (χ2v) is 7.50. The van der Waals surface area contributed by atoms with Crippen LogP contribution in [0.1, 0.15) is 23.7 Å². The summed E-state index contributed by atoms with van der Waals surface area (Å²) in [5, 5.41) is 11.4. The highest BCUT2D eigenvalue weighted by Crippen LogP contribution is 2.25. The quantitative estimate of drug-likeness (QED) is 0.594. The Hall–Kier alpha value is -3.26. The van der Waals surface area contributed by atoms with Crippen LogP contribution in [0.5, 0.6) is 0 Å². The van der Waals surface area contributed by atoms with Gasteiger partial charge in [-0.15, -0.1) is 0 Å². The van der Waals surface area contributed by atoms with E-state index >= 15 is 0 Å². The SMILES string of the molecule is COCCN1C[C@H](C(=O)N[C@H](Cc2ccccc2)c2[nH]nc3ncccc23)CC1=O. The zero-order chi connectivity index (χ0) is 20.9. The largest absolute Gasteiger partial charge is 0.383 e. The molecule has 30 heavy (non-hydrogen) atoms. The van der Waals surface area contributed by atoms with Gasteiger partial charge in [-0.3, -0.25) is 14.7 Å². The molecule has 0 aliphatic carbocycles. The topological polar surface area (TPSA) is 100 Å². The van der Waals surface area contributed by atoms with Crippen LogP contribution in [-0.4, -0.2) is 58.7 Å². The summed E-state index contributed by atoms with van der Waals surface area (Å²) in [6.07, 6.45) is 2.52. The minimum Gasteiger partial charge on any atom is -0.383 e. The Labute approximate surface area is 174 Å². The number of carbonyl (C=O) groups excluding carboxylic acids is 2. The van der Waals surface area contributed by atoms with Crippen molar-refractivity contribution in [3.63, 3.8) is 0 Å². The van der Waals surface area contributed by atoms with E-state index in [1.807, 2.05) is 42.5 Å². The van der Waals surface area contributed by atoms with Crippen molar-refractivity contribution in [2.24, 2.45) is 5.92 Å². The molecule has 0 radical (unpaired) electrons. The van der Waals surface area contributed by atoms with Gasteiger partial charge in [-0.2, -0.15) is 5.10 Å². The number of nitrogens with zero attached hydrogens (tertiary/aromatic N) is 3. The number of nitrogens with one attached hydrogen (secondary N) is 2. The second-order valence-electron chi connectivity index (χ2n) is 7.50. The molecule has 2 atom stereocenters. The number of aromatic nitrogens is 3. The average molecular weight is 407 g/mol. The van der Waals surface area contributed by atoms with Crippen molar-refractivity contribution >= 4 is 22.8 Å². The van der Waals surface area contributed by atoms with Crippen molar-refractivity contribution in [2.75, 3.05) is 26.8 Å². The molecular formula is C22H25N5O3. The fourth-order valence-corrected chi connectivity index (χ4v) is 3.87. The number of H-pyrrole nitrogens is 1. The fraction of sp³-hybridized carbons (Fsp3) is 0.364. The zero-order valence-corrected chi connectivity index (χ0v) is 16.9. The van der Waals surface area contributed by atoms with Crippen LogP contribution in [0.2, 0.25) is 0 Å².